The number of benzene rings is 3. The molecule has 30 heavy (non-hydrogen) atoms. The Morgan fingerprint density at radius 1 is 0.900 bits per heavy atom. The lowest BCUT2D eigenvalue weighted by atomic mass is 10.2. The van der Waals surface area contributed by atoms with E-state index in [1.165, 1.54) is 11.8 Å². The molecule has 1 aliphatic rings. The Bertz CT molecular complexity index is 1200. The van der Waals surface area contributed by atoms with E-state index in [4.69, 9.17) is 0 Å². The minimum absolute atomic E-state index is 0.0588. The molecule has 5 rings (SSSR count). The second-order valence-corrected chi connectivity index (χ2v) is 9.17. The summed E-state index contributed by atoms with van der Waals surface area (Å²) < 4.78 is 1.84. The van der Waals surface area contributed by atoms with Crippen molar-refractivity contribution in [2.45, 2.75) is 29.9 Å². The van der Waals surface area contributed by atoms with Gasteiger partial charge in [-0.1, -0.05) is 36.4 Å². The van der Waals surface area contributed by atoms with Gasteiger partial charge in [0.25, 0.3) is 0 Å². The van der Waals surface area contributed by atoms with E-state index in [2.05, 4.69) is 17.4 Å². The minimum atomic E-state index is -0.254. The molecule has 1 saturated carbocycles. The van der Waals surface area contributed by atoms with Gasteiger partial charge >= 0.3 is 0 Å². The average molecular weight is 415 g/mol. The highest BCUT2D eigenvalue weighted by atomic mass is 32.2. The SMILES string of the molecule is CC(Sc1ccc(NC(=O)C2CC2)cc1)C(=O)n1c2ccccc2c2ccccc21. The lowest BCUT2D eigenvalue weighted by Crippen LogP contribution is -2.21. The number of anilines is 1. The molecule has 1 aliphatic carbocycles. The number of carbonyl (C=O) groups excluding carboxylic acids is 2. The normalized spacial score (nSPS) is 14.7. The number of hydrogen-bond acceptors (Lipinski definition) is 3. The van der Waals surface area contributed by atoms with E-state index < -0.39 is 0 Å². The lowest BCUT2D eigenvalue weighted by Gasteiger charge is -2.13. The van der Waals surface area contributed by atoms with Crippen molar-refractivity contribution >= 4 is 51.1 Å². The first-order chi connectivity index (χ1) is 14.6. The van der Waals surface area contributed by atoms with Crippen LogP contribution in [0.3, 0.4) is 0 Å². The van der Waals surface area contributed by atoms with Crippen LogP contribution in [0.25, 0.3) is 21.8 Å². The molecule has 1 heterocycles. The summed E-state index contributed by atoms with van der Waals surface area (Å²) >= 11 is 1.53. The molecule has 1 aromatic heterocycles. The third kappa shape index (κ3) is 3.50. The number of nitrogens with zero attached hydrogens (tertiary/aromatic N) is 1. The Kier molecular flexibility index (Phi) is 4.83. The molecule has 5 heteroatoms. The Labute approximate surface area is 179 Å². The van der Waals surface area contributed by atoms with Gasteiger partial charge in [-0.25, -0.2) is 0 Å². The maximum atomic E-state index is 13.4. The zero-order valence-electron chi connectivity index (χ0n) is 16.7. The number of amides is 1. The van der Waals surface area contributed by atoms with Gasteiger partial charge in [0.15, 0.2) is 0 Å². The van der Waals surface area contributed by atoms with Crippen LogP contribution in [0.4, 0.5) is 5.69 Å². The molecule has 0 saturated heterocycles. The zero-order valence-corrected chi connectivity index (χ0v) is 17.5. The number of carbonyl (C=O) groups is 2. The van der Waals surface area contributed by atoms with Gasteiger partial charge in [-0.15, -0.1) is 11.8 Å². The average Bonchev–Trinajstić information content (AvgIpc) is 3.57. The van der Waals surface area contributed by atoms with Crippen LogP contribution in [0, 0.1) is 5.92 Å². The second kappa shape index (κ2) is 7.65. The van der Waals surface area contributed by atoms with Crippen molar-refractivity contribution in [3.05, 3.63) is 72.8 Å². The largest absolute Gasteiger partial charge is 0.326 e. The summed E-state index contributed by atoms with van der Waals surface area (Å²) in [7, 11) is 0. The monoisotopic (exact) mass is 414 g/mol. The molecule has 4 nitrogen and oxygen atoms in total. The molecule has 3 aromatic carbocycles. The molecule has 0 spiro atoms. The molecule has 1 fully saturated rings. The molecule has 1 unspecified atom stereocenters. The summed E-state index contributed by atoms with van der Waals surface area (Å²) in [6.45, 7) is 1.94. The van der Waals surface area contributed by atoms with Crippen LogP contribution in [0.1, 0.15) is 24.6 Å². The van der Waals surface area contributed by atoms with Gasteiger partial charge in [-0.05, 0) is 56.2 Å². The summed E-state index contributed by atoms with van der Waals surface area (Å²) in [5.74, 6) is 0.344. The quantitative estimate of drug-likeness (QED) is 0.410. The van der Waals surface area contributed by atoms with E-state index in [-0.39, 0.29) is 23.0 Å². The number of rotatable bonds is 5. The van der Waals surface area contributed by atoms with Gasteiger partial charge in [0.05, 0.1) is 16.3 Å². The van der Waals surface area contributed by atoms with Gasteiger partial charge < -0.3 is 5.32 Å². The first-order valence-electron chi connectivity index (χ1n) is 10.2. The molecule has 4 aromatic rings. The molecular weight excluding hydrogens is 392 g/mol. The maximum absolute atomic E-state index is 13.4. The van der Waals surface area contributed by atoms with Crippen molar-refractivity contribution in [3.63, 3.8) is 0 Å². The predicted octanol–water partition coefficient (Wildman–Crippen LogP) is 5.96. The van der Waals surface area contributed by atoms with E-state index in [0.29, 0.717) is 0 Å². The van der Waals surface area contributed by atoms with Crippen molar-refractivity contribution in [3.8, 4) is 0 Å². The Morgan fingerprint density at radius 3 is 2.03 bits per heavy atom. The highest BCUT2D eigenvalue weighted by Crippen LogP contribution is 2.33. The van der Waals surface area contributed by atoms with E-state index in [1.807, 2.05) is 72.2 Å². The van der Waals surface area contributed by atoms with Crippen LogP contribution in [-0.4, -0.2) is 21.6 Å². The highest BCUT2D eigenvalue weighted by Gasteiger charge is 2.29. The number of aromatic nitrogens is 1. The summed E-state index contributed by atoms with van der Waals surface area (Å²) in [4.78, 5) is 26.3. The van der Waals surface area contributed by atoms with Crippen molar-refractivity contribution in [1.29, 1.82) is 0 Å². The first-order valence-corrected chi connectivity index (χ1v) is 11.1. The van der Waals surface area contributed by atoms with Crippen LogP contribution >= 0.6 is 11.8 Å². The topological polar surface area (TPSA) is 51.1 Å². The van der Waals surface area contributed by atoms with Gasteiger partial charge in [0.1, 0.15) is 0 Å². The van der Waals surface area contributed by atoms with Crippen molar-refractivity contribution in [1.82, 2.24) is 4.57 Å². The van der Waals surface area contributed by atoms with Crippen molar-refractivity contribution in [2.24, 2.45) is 5.92 Å². The van der Waals surface area contributed by atoms with Gasteiger partial charge in [-0.2, -0.15) is 0 Å². The van der Waals surface area contributed by atoms with Gasteiger partial charge in [-0.3, -0.25) is 14.2 Å². The fraction of sp³-hybridized carbons (Fsp3) is 0.200. The molecule has 150 valence electrons. The van der Waals surface area contributed by atoms with Crippen LogP contribution in [0.2, 0.25) is 0 Å². The minimum Gasteiger partial charge on any atom is -0.326 e. The Balaban J connectivity index is 1.38. The smallest absolute Gasteiger partial charge is 0.244 e. The number of nitrogens with one attached hydrogen (secondary N) is 1. The van der Waals surface area contributed by atoms with Crippen molar-refractivity contribution in [2.75, 3.05) is 5.32 Å². The summed E-state index contributed by atoms with van der Waals surface area (Å²) in [6.07, 6.45) is 1.98. The fourth-order valence-electron chi connectivity index (χ4n) is 3.80. The van der Waals surface area contributed by atoms with Crippen molar-refractivity contribution < 1.29 is 9.59 Å². The van der Waals surface area contributed by atoms with E-state index in [1.54, 1.807) is 0 Å². The lowest BCUT2D eigenvalue weighted by molar-refractivity contribution is -0.117. The van der Waals surface area contributed by atoms with E-state index in [9.17, 15) is 9.59 Å². The third-order valence-corrected chi connectivity index (χ3v) is 6.63. The Morgan fingerprint density at radius 2 is 1.47 bits per heavy atom. The fourth-order valence-corrected chi connectivity index (χ4v) is 4.71. The van der Waals surface area contributed by atoms with Gasteiger partial charge in [0.2, 0.25) is 11.8 Å². The van der Waals surface area contributed by atoms with Crippen LogP contribution in [0.5, 0.6) is 0 Å². The molecular formula is C25H22N2O2S. The third-order valence-electron chi connectivity index (χ3n) is 5.53. The summed E-state index contributed by atoms with van der Waals surface area (Å²) in [6, 6.07) is 23.8. The molecule has 1 atom stereocenters. The highest BCUT2D eigenvalue weighted by molar-refractivity contribution is 8.00. The summed E-state index contributed by atoms with van der Waals surface area (Å²) in [5.41, 5.74) is 2.68. The van der Waals surface area contributed by atoms with Crippen LogP contribution in [-0.2, 0) is 4.79 Å². The second-order valence-electron chi connectivity index (χ2n) is 7.76. The number of para-hydroxylation sites is 2. The molecule has 0 bridgehead atoms. The molecule has 0 radical (unpaired) electrons. The van der Waals surface area contributed by atoms with E-state index >= 15 is 0 Å². The van der Waals surface area contributed by atoms with Crippen LogP contribution < -0.4 is 5.32 Å². The molecule has 1 amide bonds. The molecule has 1 N–H and O–H groups in total. The standard InChI is InChI=1S/C25H22N2O2S/c1-16(30-19-14-12-18(13-15-19)26-24(28)17-10-11-17)25(29)27-22-8-4-2-6-20(22)21-7-3-5-9-23(21)27/h2-9,12-17H,10-11H2,1H3,(H,26,28). The number of thioether (sulfide) groups is 1. The summed E-state index contributed by atoms with van der Waals surface area (Å²) in [5, 5.41) is 4.88. The Hall–Kier alpha value is -3.05. The maximum Gasteiger partial charge on any atom is 0.244 e. The van der Waals surface area contributed by atoms with Gasteiger partial charge in [0, 0.05) is 27.3 Å². The number of fused-ring (bicyclic) bond motifs is 3. The molecule has 0 aliphatic heterocycles. The zero-order chi connectivity index (χ0) is 20.7. The van der Waals surface area contributed by atoms with E-state index in [0.717, 1.165) is 45.2 Å². The van der Waals surface area contributed by atoms with Crippen LogP contribution in [0.15, 0.2) is 77.7 Å². The number of hydrogen-bond donors (Lipinski definition) is 1. The predicted molar refractivity (Wildman–Crippen MR) is 123 cm³/mol. The first kappa shape index (κ1) is 18.9.